The summed E-state index contributed by atoms with van der Waals surface area (Å²) in [5.74, 6) is 0. The van der Waals surface area contributed by atoms with Gasteiger partial charge in [0.2, 0.25) is 0 Å². The van der Waals surface area contributed by atoms with Gasteiger partial charge in [-0.3, -0.25) is 0 Å². The lowest BCUT2D eigenvalue weighted by Gasteiger charge is -2.07. The zero-order valence-corrected chi connectivity index (χ0v) is 6.98. The Bertz CT molecular complexity index is 87.9. The topological polar surface area (TPSA) is 79.2 Å². The third-order valence-corrected chi connectivity index (χ3v) is 1.13. The van der Waals surface area contributed by atoms with E-state index in [1.165, 1.54) is 0 Å². The molecule has 12 heavy (non-hydrogen) atoms. The molecule has 74 valence electrons. The molecule has 3 N–H and O–H groups in total. The maximum atomic E-state index is 8.80. The SMILES string of the molecule is OCCOCCOCC(O)CO. The van der Waals surface area contributed by atoms with Gasteiger partial charge in [0, 0.05) is 0 Å². The Labute approximate surface area is 71.5 Å². The Morgan fingerprint density at radius 1 is 1.00 bits per heavy atom. The molecule has 1 atom stereocenters. The lowest BCUT2D eigenvalue weighted by molar-refractivity contribution is -0.0182. The summed E-state index contributed by atoms with van der Waals surface area (Å²) in [6.45, 7) is 0.859. The third-order valence-electron chi connectivity index (χ3n) is 1.13. The Balaban J connectivity index is 2.90. The highest BCUT2D eigenvalue weighted by molar-refractivity contribution is 4.48. The lowest BCUT2D eigenvalue weighted by Crippen LogP contribution is -2.20. The molecule has 0 saturated heterocycles. The van der Waals surface area contributed by atoms with Gasteiger partial charge in [-0.25, -0.2) is 0 Å². The average Bonchev–Trinajstić information content (AvgIpc) is 2.10. The molecule has 0 aliphatic rings. The number of aliphatic hydroxyl groups is 3. The molecule has 0 radical (unpaired) electrons. The Kier molecular flexibility index (Phi) is 8.74. The van der Waals surface area contributed by atoms with Crippen LogP contribution in [0.5, 0.6) is 0 Å². The summed E-state index contributed by atoms with van der Waals surface area (Å²) in [6.07, 6.45) is -0.817. The van der Waals surface area contributed by atoms with E-state index in [1.54, 1.807) is 0 Å². The van der Waals surface area contributed by atoms with E-state index in [2.05, 4.69) is 0 Å². The van der Waals surface area contributed by atoms with Gasteiger partial charge in [-0.1, -0.05) is 0 Å². The van der Waals surface area contributed by atoms with Crippen LogP contribution in [0, 0.1) is 0 Å². The van der Waals surface area contributed by atoms with Gasteiger partial charge in [0.1, 0.15) is 6.10 Å². The standard InChI is InChI=1S/C7H16O5/c8-1-2-11-3-4-12-6-7(10)5-9/h7-10H,1-6H2. The van der Waals surface area contributed by atoms with Crippen LogP contribution in [-0.4, -0.2) is 61.1 Å². The van der Waals surface area contributed by atoms with Gasteiger partial charge in [-0.05, 0) is 0 Å². The van der Waals surface area contributed by atoms with E-state index in [1.807, 2.05) is 0 Å². The number of rotatable bonds is 8. The van der Waals surface area contributed by atoms with Crippen LogP contribution in [0.4, 0.5) is 0 Å². The summed E-state index contributed by atoms with van der Waals surface area (Å²) >= 11 is 0. The minimum absolute atomic E-state index is 0.000729. The van der Waals surface area contributed by atoms with Gasteiger partial charge < -0.3 is 24.8 Å². The van der Waals surface area contributed by atoms with Crippen LogP contribution in [0.15, 0.2) is 0 Å². The summed E-state index contributed by atoms with van der Waals surface area (Å²) in [7, 11) is 0. The van der Waals surface area contributed by atoms with Crippen LogP contribution in [0.25, 0.3) is 0 Å². The van der Waals surface area contributed by atoms with E-state index < -0.39 is 6.10 Å². The van der Waals surface area contributed by atoms with Crippen molar-refractivity contribution in [2.24, 2.45) is 0 Å². The molecule has 0 amide bonds. The van der Waals surface area contributed by atoms with Crippen molar-refractivity contribution in [3.63, 3.8) is 0 Å². The fourth-order valence-electron chi connectivity index (χ4n) is 0.557. The zero-order valence-electron chi connectivity index (χ0n) is 6.98. The van der Waals surface area contributed by atoms with Crippen molar-refractivity contribution < 1.29 is 24.8 Å². The van der Waals surface area contributed by atoms with Crippen LogP contribution in [0.3, 0.4) is 0 Å². The largest absolute Gasteiger partial charge is 0.394 e. The van der Waals surface area contributed by atoms with Crippen molar-refractivity contribution in [1.82, 2.24) is 0 Å². The molecule has 0 spiro atoms. The molecule has 0 aromatic carbocycles. The Morgan fingerprint density at radius 3 is 2.25 bits per heavy atom. The molecule has 0 heterocycles. The summed E-state index contributed by atoms with van der Waals surface area (Å²) in [5.41, 5.74) is 0. The van der Waals surface area contributed by atoms with Crippen molar-refractivity contribution in [3.05, 3.63) is 0 Å². The van der Waals surface area contributed by atoms with Crippen LogP contribution < -0.4 is 0 Å². The molecule has 1 unspecified atom stereocenters. The first-order valence-electron chi connectivity index (χ1n) is 3.86. The molecule has 5 heteroatoms. The quantitative estimate of drug-likeness (QED) is 0.391. The van der Waals surface area contributed by atoms with Crippen molar-refractivity contribution in [3.8, 4) is 0 Å². The molecule has 0 saturated carbocycles. The molecule has 0 aromatic heterocycles. The van der Waals surface area contributed by atoms with Crippen LogP contribution in [-0.2, 0) is 9.47 Å². The average molecular weight is 180 g/mol. The van der Waals surface area contributed by atoms with Crippen molar-refractivity contribution in [2.45, 2.75) is 6.10 Å². The van der Waals surface area contributed by atoms with Crippen molar-refractivity contribution in [1.29, 1.82) is 0 Å². The van der Waals surface area contributed by atoms with E-state index >= 15 is 0 Å². The first kappa shape index (κ1) is 11.8. The second-order valence-electron chi connectivity index (χ2n) is 2.25. The normalized spacial score (nSPS) is 13.2. The van der Waals surface area contributed by atoms with Crippen LogP contribution in [0.1, 0.15) is 0 Å². The molecular formula is C7H16O5. The minimum atomic E-state index is -0.817. The summed E-state index contributed by atoms with van der Waals surface area (Å²) < 4.78 is 9.80. The third kappa shape index (κ3) is 7.90. The first-order chi connectivity index (χ1) is 5.81. The van der Waals surface area contributed by atoms with Crippen LogP contribution in [0.2, 0.25) is 0 Å². The highest BCUT2D eigenvalue weighted by Gasteiger charge is 2.00. The van der Waals surface area contributed by atoms with E-state index in [4.69, 9.17) is 24.8 Å². The smallest absolute Gasteiger partial charge is 0.100 e. The highest BCUT2D eigenvalue weighted by Crippen LogP contribution is 1.84. The van der Waals surface area contributed by atoms with Gasteiger partial charge in [-0.15, -0.1) is 0 Å². The Morgan fingerprint density at radius 2 is 1.67 bits per heavy atom. The second kappa shape index (κ2) is 8.89. The van der Waals surface area contributed by atoms with Crippen molar-refractivity contribution in [2.75, 3.05) is 39.6 Å². The lowest BCUT2D eigenvalue weighted by atomic mass is 10.4. The molecule has 0 aliphatic heterocycles. The number of ether oxygens (including phenoxy) is 2. The molecule has 0 aliphatic carbocycles. The highest BCUT2D eigenvalue weighted by atomic mass is 16.5. The monoisotopic (exact) mass is 180 g/mol. The van der Waals surface area contributed by atoms with Crippen LogP contribution >= 0.6 is 0 Å². The molecule has 0 rings (SSSR count). The minimum Gasteiger partial charge on any atom is -0.394 e. The second-order valence-corrected chi connectivity index (χ2v) is 2.25. The maximum absolute atomic E-state index is 8.80. The fourth-order valence-corrected chi connectivity index (χ4v) is 0.557. The van der Waals surface area contributed by atoms with Gasteiger partial charge in [0.15, 0.2) is 0 Å². The first-order valence-corrected chi connectivity index (χ1v) is 3.86. The molecule has 0 bridgehead atoms. The molecule has 0 aromatic rings. The maximum Gasteiger partial charge on any atom is 0.100 e. The number of aliphatic hydroxyl groups excluding tert-OH is 3. The van der Waals surface area contributed by atoms with Gasteiger partial charge in [0.25, 0.3) is 0 Å². The van der Waals surface area contributed by atoms with Gasteiger partial charge in [-0.2, -0.15) is 0 Å². The number of hydrogen-bond donors (Lipinski definition) is 3. The summed E-state index contributed by atoms with van der Waals surface area (Å²) in [4.78, 5) is 0. The zero-order chi connectivity index (χ0) is 9.23. The molecule has 0 fully saturated rings. The van der Waals surface area contributed by atoms with Gasteiger partial charge >= 0.3 is 0 Å². The number of hydrogen-bond acceptors (Lipinski definition) is 5. The fraction of sp³-hybridized carbons (Fsp3) is 1.00. The van der Waals surface area contributed by atoms with Crippen molar-refractivity contribution >= 4 is 0 Å². The predicted octanol–water partition coefficient (Wildman–Crippen LogP) is -1.63. The summed E-state index contributed by atoms with van der Waals surface area (Å²) in [5, 5.41) is 25.5. The molecular weight excluding hydrogens is 164 g/mol. The summed E-state index contributed by atoms with van der Waals surface area (Å²) in [6, 6.07) is 0. The van der Waals surface area contributed by atoms with E-state index in [-0.39, 0.29) is 19.8 Å². The van der Waals surface area contributed by atoms with E-state index in [0.29, 0.717) is 19.8 Å². The van der Waals surface area contributed by atoms with E-state index in [0.717, 1.165) is 0 Å². The molecule has 5 nitrogen and oxygen atoms in total. The van der Waals surface area contributed by atoms with Gasteiger partial charge in [0.05, 0.1) is 39.6 Å². The predicted molar refractivity (Wildman–Crippen MR) is 41.8 cm³/mol. The van der Waals surface area contributed by atoms with E-state index in [9.17, 15) is 0 Å². The Hall–Kier alpha value is -0.200.